The molecule has 2 aromatic rings. The number of hydrogen-bond donors (Lipinski definition) is 0. The number of rotatable bonds is 7. The highest BCUT2D eigenvalue weighted by Gasteiger charge is 2.22. The van der Waals surface area contributed by atoms with Crippen molar-refractivity contribution in [3.63, 3.8) is 0 Å². The van der Waals surface area contributed by atoms with Crippen molar-refractivity contribution < 1.29 is 14.4 Å². The molecule has 2 rings (SSSR count). The number of ether oxygens (including phenoxy) is 2. The van der Waals surface area contributed by atoms with E-state index in [2.05, 4.69) is 6.92 Å². The molecule has 0 saturated heterocycles. The Morgan fingerprint density at radius 1 is 1.22 bits per heavy atom. The number of halogens is 1. The van der Waals surface area contributed by atoms with Crippen LogP contribution < -0.4 is 9.47 Å². The third-order valence-corrected chi connectivity index (χ3v) is 3.70. The zero-order valence-electron chi connectivity index (χ0n) is 13.0. The van der Waals surface area contributed by atoms with E-state index in [1.54, 1.807) is 30.3 Å². The molecule has 0 aromatic heterocycles. The zero-order valence-corrected chi connectivity index (χ0v) is 13.8. The quantitative estimate of drug-likeness (QED) is 0.401. The summed E-state index contributed by atoms with van der Waals surface area (Å²) in [5.41, 5.74) is 0.885. The molecular weight excluding hydrogens is 318 g/mol. The number of unbranched alkanes of at least 4 members (excludes halogenated alkanes) is 1. The zero-order chi connectivity index (χ0) is 16.8. The molecule has 5 nitrogen and oxygen atoms in total. The van der Waals surface area contributed by atoms with Gasteiger partial charge in [0.2, 0.25) is 0 Å². The highest BCUT2D eigenvalue weighted by atomic mass is 35.5. The Morgan fingerprint density at radius 2 is 2.00 bits per heavy atom. The van der Waals surface area contributed by atoms with Crippen LogP contribution in [0.5, 0.6) is 11.5 Å². The molecule has 0 fully saturated rings. The maximum absolute atomic E-state index is 11.3. The van der Waals surface area contributed by atoms with Crippen LogP contribution in [0.2, 0.25) is 5.02 Å². The van der Waals surface area contributed by atoms with Crippen molar-refractivity contribution in [2.45, 2.75) is 19.8 Å². The molecule has 122 valence electrons. The predicted octanol–water partition coefficient (Wildman–Crippen LogP) is 5.10. The van der Waals surface area contributed by atoms with Crippen molar-refractivity contribution in [2.24, 2.45) is 0 Å². The van der Waals surface area contributed by atoms with Gasteiger partial charge in [-0.1, -0.05) is 31.0 Å². The van der Waals surface area contributed by atoms with Crippen LogP contribution in [-0.4, -0.2) is 18.6 Å². The average molecular weight is 336 g/mol. The van der Waals surface area contributed by atoms with Crippen LogP contribution in [0, 0.1) is 10.1 Å². The Hall–Kier alpha value is -2.27. The van der Waals surface area contributed by atoms with Gasteiger partial charge in [-0.25, -0.2) is 0 Å². The third kappa shape index (κ3) is 3.93. The van der Waals surface area contributed by atoms with Crippen LogP contribution in [-0.2, 0) is 0 Å². The molecule has 0 N–H and O–H groups in total. The summed E-state index contributed by atoms with van der Waals surface area (Å²) >= 11 is 5.98. The van der Waals surface area contributed by atoms with E-state index in [0.717, 1.165) is 12.8 Å². The summed E-state index contributed by atoms with van der Waals surface area (Å²) in [6.45, 7) is 2.71. The van der Waals surface area contributed by atoms with Crippen LogP contribution in [0.3, 0.4) is 0 Å². The minimum atomic E-state index is -0.483. The molecule has 0 amide bonds. The van der Waals surface area contributed by atoms with Crippen LogP contribution in [0.4, 0.5) is 5.69 Å². The first-order valence-corrected chi connectivity index (χ1v) is 7.70. The fourth-order valence-electron chi connectivity index (χ4n) is 2.24. The molecule has 0 spiro atoms. The van der Waals surface area contributed by atoms with E-state index in [1.807, 2.05) is 0 Å². The predicted molar refractivity (Wildman–Crippen MR) is 90.5 cm³/mol. The second-order valence-electron chi connectivity index (χ2n) is 4.96. The second kappa shape index (κ2) is 7.83. The van der Waals surface area contributed by atoms with Gasteiger partial charge in [-0.05, 0) is 30.7 Å². The smallest absolute Gasteiger partial charge is 0.295 e. The lowest BCUT2D eigenvalue weighted by molar-refractivity contribution is -0.384. The molecule has 0 bridgehead atoms. The van der Waals surface area contributed by atoms with E-state index in [4.69, 9.17) is 21.1 Å². The van der Waals surface area contributed by atoms with Gasteiger partial charge in [-0.3, -0.25) is 10.1 Å². The lowest BCUT2D eigenvalue weighted by atomic mass is 10.0. The van der Waals surface area contributed by atoms with E-state index < -0.39 is 4.92 Å². The molecule has 0 aliphatic rings. The maximum Gasteiger partial charge on any atom is 0.295 e. The summed E-state index contributed by atoms with van der Waals surface area (Å²) in [6, 6.07) is 10.1. The molecule has 0 unspecified atom stereocenters. The average Bonchev–Trinajstić information content (AvgIpc) is 2.54. The second-order valence-corrected chi connectivity index (χ2v) is 5.36. The number of para-hydroxylation sites is 1. The number of benzene rings is 2. The van der Waals surface area contributed by atoms with Gasteiger partial charge in [0.15, 0.2) is 0 Å². The number of nitro benzene ring substituents is 1. The lowest BCUT2D eigenvalue weighted by Gasteiger charge is -2.12. The minimum absolute atomic E-state index is 0.0952. The van der Waals surface area contributed by atoms with Crippen molar-refractivity contribution in [2.75, 3.05) is 13.7 Å². The molecule has 6 heteroatoms. The van der Waals surface area contributed by atoms with Gasteiger partial charge in [0, 0.05) is 11.6 Å². The topological polar surface area (TPSA) is 61.6 Å². The van der Waals surface area contributed by atoms with Crippen LogP contribution in [0.25, 0.3) is 11.1 Å². The molecular formula is C17H18ClNO4. The monoisotopic (exact) mass is 335 g/mol. The Labute approximate surface area is 139 Å². The van der Waals surface area contributed by atoms with Crippen molar-refractivity contribution >= 4 is 17.3 Å². The maximum atomic E-state index is 11.3. The van der Waals surface area contributed by atoms with E-state index in [0.29, 0.717) is 29.2 Å². The highest BCUT2D eigenvalue weighted by Crippen LogP contribution is 2.41. The standard InChI is InChI=1S/C17H18ClNO4/c1-3-4-10-23-12-8-9-13(16(11-12)22-2)14-6-5-7-15(18)17(14)19(20)21/h5-9,11H,3-4,10H2,1-2H3. The molecule has 0 radical (unpaired) electrons. The number of hydrogen-bond acceptors (Lipinski definition) is 4. The Balaban J connectivity index is 2.44. The molecule has 0 aliphatic carbocycles. The van der Waals surface area contributed by atoms with Gasteiger partial charge in [0.05, 0.1) is 24.2 Å². The van der Waals surface area contributed by atoms with Gasteiger partial charge >= 0.3 is 0 Å². The number of nitrogens with zero attached hydrogens (tertiary/aromatic N) is 1. The van der Waals surface area contributed by atoms with Gasteiger partial charge in [0.1, 0.15) is 16.5 Å². The largest absolute Gasteiger partial charge is 0.496 e. The first kappa shape index (κ1) is 17.1. The summed E-state index contributed by atoms with van der Waals surface area (Å²) in [5, 5.41) is 11.4. The highest BCUT2D eigenvalue weighted by molar-refractivity contribution is 6.33. The first-order valence-electron chi connectivity index (χ1n) is 7.32. The van der Waals surface area contributed by atoms with Crippen molar-refractivity contribution in [1.29, 1.82) is 0 Å². The summed E-state index contributed by atoms with van der Waals surface area (Å²) in [4.78, 5) is 10.8. The van der Waals surface area contributed by atoms with E-state index in [-0.39, 0.29) is 10.7 Å². The first-order chi connectivity index (χ1) is 11.1. The van der Waals surface area contributed by atoms with Crippen molar-refractivity contribution in [3.05, 3.63) is 51.5 Å². The SMILES string of the molecule is CCCCOc1ccc(-c2cccc(Cl)c2[N+](=O)[O-])c(OC)c1. The molecule has 2 aromatic carbocycles. The van der Waals surface area contributed by atoms with Crippen LogP contribution in [0.1, 0.15) is 19.8 Å². The van der Waals surface area contributed by atoms with E-state index >= 15 is 0 Å². The summed E-state index contributed by atoms with van der Waals surface area (Å²) in [6.07, 6.45) is 2.01. The molecule has 0 saturated carbocycles. The Bertz CT molecular complexity index is 703. The molecule has 0 heterocycles. The van der Waals surface area contributed by atoms with E-state index in [9.17, 15) is 10.1 Å². The van der Waals surface area contributed by atoms with Gasteiger partial charge in [0.25, 0.3) is 5.69 Å². The van der Waals surface area contributed by atoms with Gasteiger partial charge in [-0.2, -0.15) is 0 Å². The fourth-order valence-corrected chi connectivity index (χ4v) is 2.48. The number of nitro groups is 1. The minimum Gasteiger partial charge on any atom is -0.496 e. The molecule has 0 atom stereocenters. The van der Waals surface area contributed by atoms with Crippen molar-refractivity contribution in [3.8, 4) is 22.6 Å². The number of methoxy groups -OCH3 is 1. The Morgan fingerprint density at radius 3 is 2.65 bits per heavy atom. The lowest BCUT2D eigenvalue weighted by Crippen LogP contribution is -1.98. The van der Waals surface area contributed by atoms with Crippen molar-refractivity contribution in [1.82, 2.24) is 0 Å². The molecule has 23 heavy (non-hydrogen) atoms. The molecule has 0 aliphatic heterocycles. The van der Waals surface area contributed by atoms with Gasteiger partial charge in [-0.15, -0.1) is 0 Å². The Kier molecular flexibility index (Phi) is 5.82. The van der Waals surface area contributed by atoms with Gasteiger partial charge < -0.3 is 9.47 Å². The van der Waals surface area contributed by atoms with Crippen LogP contribution >= 0.6 is 11.6 Å². The summed E-state index contributed by atoms with van der Waals surface area (Å²) in [7, 11) is 1.52. The normalized spacial score (nSPS) is 10.4. The summed E-state index contributed by atoms with van der Waals surface area (Å²) < 4.78 is 11.0. The fraction of sp³-hybridized carbons (Fsp3) is 0.294. The third-order valence-electron chi connectivity index (χ3n) is 3.40. The summed E-state index contributed by atoms with van der Waals surface area (Å²) in [5.74, 6) is 1.17. The van der Waals surface area contributed by atoms with E-state index in [1.165, 1.54) is 13.2 Å². The van der Waals surface area contributed by atoms with Crippen LogP contribution in [0.15, 0.2) is 36.4 Å².